The Kier molecular flexibility index (Phi) is 3.33. The van der Waals surface area contributed by atoms with Crippen LogP contribution in [0.5, 0.6) is 0 Å². The van der Waals surface area contributed by atoms with Gasteiger partial charge in [-0.15, -0.1) is 0 Å². The van der Waals surface area contributed by atoms with Crippen LogP contribution in [-0.4, -0.2) is 9.97 Å². The molecule has 0 fully saturated rings. The largest absolute Gasteiger partial charge is 0.253 e. The Morgan fingerprint density at radius 2 is 2.13 bits per heavy atom. The highest BCUT2D eigenvalue weighted by atomic mass is 127. The molecule has 0 amide bonds. The van der Waals surface area contributed by atoms with E-state index in [9.17, 15) is 0 Å². The molecule has 1 unspecified atom stereocenters. The Hall–Kier alpha value is -0.130. The smallest absolute Gasteiger partial charge is 0.154 e. The van der Waals surface area contributed by atoms with Crippen LogP contribution in [0, 0.1) is 0 Å². The van der Waals surface area contributed by atoms with E-state index in [1.165, 1.54) is 6.20 Å². The molecule has 0 aliphatic heterocycles. The monoisotopic (exact) mass is 352 g/mol. The molecule has 15 heavy (non-hydrogen) atoms. The average Bonchev–Trinajstić information content (AvgIpc) is 2.18. The number of nitrogens with zero attached hydrogens (tertiary/aromatic N) is 2. The van der Waals surface area contributed by atoms with E-state index in [1.54, 1.807) is 0 Å². The van der Waals surface area contributed by atoms with Crippen LogP contribution in [0.1, 0.15) is 12.1 Å². The molecule has 1 aromatic heterocycles. The van der Waals surface area contributed by atoms with Gasteiger partial charge in [0.05, 0.1) is 15.3 Å². The second kappa shape index (κ2) is 4.39. The van der Waals surface area contributed by atoms with Crippen molar-refractivity contribution in [3.63, 3.8) is 0 Å². The van der Waals surface area contributed by atoms with Gasteiger partial charge in [0.2, 0.25) is 0 Å². The fourth-order valence-electron chi connectivity index (χ4n) is 1.40. The maximum absolute atomic E-state index is 6.03. The van der Waals surface area contributed by atoms with Crippen molar-refractivity contribution in [1.29, 1.82) is 0 Å². The van der Waals surface area contributed by atoms with Gasteiger partial charge in [-0.3, -0.25) is 4.98 Å². The molecular formula is C10H7Cl2IN2. The molecule has 1 aromatic rings. The van der Waals surface area contributed by atoms with Crippen LogP contribution >= 0.6 is 45.8 Å². The van der Waals surface area contributed by atoms with Gasteiger partial charge in [-0.2, -0.15) is 0 Å². The molecule has 2 nitrogen and oxygen atoms in total. The van der Waals surface area contributed by atoms with E-state index in [4.69, 9.17) is 23.2 Å². The van der Waals surface area contributed by atoms with Gasteiger partial charge in [0.15, 0.2) is 5.15 Å². The van der Waals surface area contributed by atoms with Gasteiger partial charge in [0.25, 0.3) is 0 Å². The lowest BCUT2D eigenvalue weighted by molar-refractivity contribution is 0.775. The van der Waals surface area contributed by atoms with Gasteiger partial charge in [-0.05, 0) is 6.42 Å². The first kappa shape index (κ1) is 11.4. The van der Waals surface area contributed by atoms with Crippen molar-refractivity contribution in [2.45, 2.75) is 9.84 Å². The lowest BCUT2D eigenvalue weighted by Gasteiger charge is -2.24. The molecule has 0 saturated heterocycles. The summed E-state index contributed by atoms with van der Waals surface area (Å²) < 4.78 is -0.207. The summed E-state index contributed by atoms with van der Waals surface area (Å²) in [6.07, 6.45) is 10.5. The Bertz CT molecular complexity index is 445. The lowest BCUT2D eigenvalue weighted by atomic mass is 9.97. The Labute approximate surface area is 112 Å². The van der Waals surface area contributed by atoms with Crippen molar-refractivity contribution in [3.05, 3.63) is 46.5 Å². The van der Waals surface area contributed by atoms with Crippen molar-refractivity contribution in [2.24, 2.45) is 0 Å². The average molecular weight is 353 g/mol. The molecule has 1 aliphatic rings. The van der Waals surface area contributed by atoms with Gasteiger partial charge in [-0.25, -0.2) is 4.98 Å². The fourth-order valence-corrected chi connectivity index (χ4v) is 2.90. The summed E-state index contributed by atoms with van der Waals surface area (Å²) in [5.41, 5.74) is 0.759. The van der Waals surface area contributed by atoms with Crippen LogP contribution in [0.4, 0.5) is 0 Å². The van der Waals surface area contributed by atoms with E-state index in [-0.39, 0.29) is 3.42 Å². The highest BCUT2D eigenvalue weighted by Gasteiger charge is 2.30. The van der Waals surface area contributed by atoms with E-state index < -0.39 is 0 Å². The highest BCUT2D eigenvalue weighted by Crippen LogP contribution is 2.40. The summed E-state index contributed by atoms with van der Waals surface area (Å²) in [5.74, 6) is 0. The lowest BCUT2D eigenvalue weighted by Crippen LogP contribution is -2.18. The minimum Gasteiger partial charge on any atom is -0.253 e. The molecule has 0 saturated carbocycles. The number of aromatic nitrogens is 2. The topological polar surface area (TPSA) is 25.8 Å². The molecule has 78 valence electrons. The minimum atomic E-state index is -0.207. The second-order valence-electron chi connectivity index (χ2n) is 3.19. The Morgan fingerprint density at radius 1 is 1.33 bits per heavy atom. The summed E-state index contributed by atoms with van der Waals surface area (Å²) >= 11 is 14.1. The molecule has 1 atom stereocenters. The molecule has 0 N–H and O–H groups in total. The summed E-state index contributed by atoms with van der Waals surface area (Å²) in [6.45, 7) is 0. The highest BCUT2D eigenvalue weighted by molar-refractivity contribution is 14.1. The minimum absolute atomic E-state index is 0.207. The van der Waals surface area contributed by atoms with E-state index in [0.29, 0.717) is 10.3 Å². The normalized spacial score (nSPS) is 24.5. The van der Waals surface area contributed by atoms with Crippen molar-refractivity contribution >= 4 is 45.8 Å². The zero-order valence-electron chi connectivity index (χ0n) is 7.62. The number of halogens is 3. The van der Waals surface area contributed by atoms with E-state index >= 15 is 0 Å². The van der Waals surface area contributed by atoms with Gasteiger partial charge < -0.3 is 0 Å². The number of rotatable bonds is 1. The molecule has 0 bridgehead atoms. The summed E-state index contributed by atoms with van der Waals surface area (Å²) in [7, 11) is 0. The van der Waals surface area contributed by atoms with E-state index in [1.807, 2.05) is 12.2 Å². The predicted molar refractivity (Wildman–Crippen MR) is 70.6 cm³/mol. The van der Waals surface area contributed by atoms with Crippen molar-refractivity contribution in [1.82, 2.24) is 9.97 Å². The van der Waals surface area contributed by atoms with Gasteiger partial charge in [0.1, 0.15) is 5.15 Å². The van der Waals surface area contributed by atoms with Gasteiger partial charge >= 0.3 is 0 Å². The van der Waals surface area contributed by atoms with Crippen molar-refractivity contribution in [2.75, 3.05) is 0 Å². The molecule has 0 radical (unpaired) electrons. The first-order chi connectivity index (χ1) is 7.12. The summed E-state index contributed by atoms with van der Waals surface area (Å²) in [4.78, 5) is 8.25. The van der Waals surface area contributed by atoms with Crippen LogP contribution < -0.4 is 0 Å². The first-order valence-corrected chi connectivity index (χ1v) is 6.17. The van der Waals surface area contributed by atoms with E-state index in [0.717, 1.165) is 12.1 Å². The predicted octanol–water partition coefficient (Wildman–Crippen LogP) is 3.93. The number of hydrogen-bond donors (Lipinski definition) is 0. The molecule has 0 aromatic carbocycles. The quantitative estimate of drug-likeness (QED) is 0.565. The Morgan fingerprint density at radius 3 is 2.73 bits per heavy atom. The third-order valence-electron chi connectivity index (χ3n) is 2.12. The van der Waals surface area contributed by atoms with E-state index in [2.05, 4.69) is 44.7 Å². The fraction of sp³-hybridized carbons (Fsp3) is 0.200. The van der Waals surface area contributed by atoms with Crippen LogP contribution in [0.2, 0.25) is 10.3 Å². The van der Waals surface area contributed by atoms with Gasteiger partial charge in [0, 0.05) is 0 Å². The van der Waals surface area contributed by atoms with Crippen molar-refractivity contribution < 1.29 is 0 Å². The molecule has 1 aliphatic carbocycles. The van der Waals surface area contributed by atoms with Gasteiger partial charge in [-0.1, -0.05) is 70.1 Å². The van der Waals surface area contributed by atoms with Crippen molar-refractivity contribution in [3.8, 4) is 0 Å². The first-order valence-electron chi connectivity index (χ1n) is 4.34. The maximum atomic E-state index is 6.03. The number of alkyl halides is 1. The SMILES string of the molecule is Clc1cnc(C2(I)C=CC=CC2)c(Cl)n1. The van der Waals surface area contributed by atoms with Crippen LogP contribution in [0.25, 0.3) is 0 Å². The number of allylic oxidation sites excluding steroid dienone is 4. The Balaban J connectivity index is 2.45. The van der Waals surface area contributed by atoms with Crippen LogP contribution in [0.3, 0.4) is 0 Å². The molecule has 1 heterocycles. The molecule has 5 heteroatoms. The zero-order valence-corrected chi connectivity index (χ0v) is 11.3. The molecular weight excluding hydrogens is 346 g/mol. The summed E-state index contributed by atoms with van der Waals surface area (Å²) in [5, 5.41) is 0.691. The summed E-state index contributed by atoms with van der Waals surface area (Å²) in [6, 6.07) is 0. The number of hydrogen-bond acceptors (Lipinski definition) is 2. The molecule has 0 spiro atoms. The zero-order chi connectivity index (χ0) is 10.9. The van der Waals surface area contributed by atoms with Crippen LogP contribution in [0.15, 0.2) is 30.5 Å². The maximum Gasteiger partial charge on any atom is 0.154 e. The van der Waals surface area contributed by atoms with Crippen LogP contribution in [-0.2, 0) is 3.42 Å². The molecule has 2 rings (SSSR count). The standard InChI is InChI=1S/C10H7Cl2IN2/c11-7-6-14-8(9(12)15-7)10(13)4-2-1-3-5-10/h1-4,6H,5H2. The third-order valence-corrected chi connectivity index (χ3v) is 3.87. The third kappa shape index (κ3) is 2.34. The second-order valence-corrected chi connectivity index (χ2v) is 5.86.